The summed E-state index contributed by atoms with van der Waals surface area (Å²) in [5, 5.41) is 12.0. The Hall–Kier alpha value is -2.30. The molecule has 7 heteroatoms. The van der Waals surface area contributed by atoms with Gasteiger partial charge in [-0.25, -0.2) is 0 Å². The molecule has 0 spiro atoms. The number of nitrogens with one attached hydrogen (secondary N) is 1. The lowest BCUT2D eigenvalue weighted by Gasteiger charge is -2.07. The Labute approximate surface area is 155 Å². The summed E-state index contributed by atoms with van der Waals surface area (Å²) in [6, 6.07) is 12.6. The van der Waals surface area contributed by atoms with E-state index in [9.17, 15) is 10.1 Å². The number of fused-ring (bicyclic) bond motifs is 1. The molecule has 120 valence electrons. The second kappa shape index (κ2) is 7.07. The van der Waals surface area contributed by atoms with Gasteiger partial charge in [0.05, 0.1) is 10.2 Å². The van der Waals surface area contributed by atoms with Crippen LogP contribution in [0.15, 0.2) is 50.9 Å². The fourth-order valence-corrected chi connectivity index (χ4v) is 3.10. The minimum Gasteiger partial charge on any atom is -0.454 e. The molecule has 1 heterocycles. The first-order valence-corrected chi connectivity index (χ1v) is 8.44. The molecule has 0 atom stereocenters. The number of hydrogen-bond acceptors (Lipinski definition) is 4. The summed E-state index contributed by atoms with van der Waals surface area (Å²) in [5.41, 5.74) is 1.23. The fraction of sp³-hybridized carbons (Fsp3) is 0.0588. The van der Waals surface area contributed by atoms with Crippen LogP contribution in [0.1, 0.15) is 5.56 Å². The molecule has 2 aromatic rings. The van der Waals surface area contributed by atoms with Crippen molar-refractivity contribution < 1.29 is 14.3 Å². The van der Waals surface area contributed by atoms with Gasteiger partial charge in [0.25, 0.3) is 5.91 Å². The van der Waals surface area contributed by atoms with E-state index in [1.165, 1.54) is 6.08 Å². The molecule has 1 amide bonds. The number of rotatable bonds is 3. The number of carbonyl (C=O) groups excluding carboxylic acids is 1. The summed E-state index contributed by atoms with van der Waals surface area (Å²) in [6.45, 7) is 0.148. The number of hydrogen-bond donors (Lipinski definition) is 1. The summed E-state index contributed by atoms with van der Waals surface area (Å²) >= 11 is 6.74. The van der Waals surface area contributed by atoms with Gasteiger partial charge in [-0.05, 0) is 67.8 Å². The van der Waals surface area contributed by atoms with Crippen LogP contribution in [0.5, 0.6) is 11.5 Å². The lowest BCUT2D eigenvalue weighted by Crippen LogP contribution is -2.13. The number of carbonyl (C=O) groups is 1. The molecule has 0 saturated heterocycles. The molecular formula is C17H10Br2N2O3. The molecule has 5 nitrogen and oxygen atoms in total. The van der Waals surface area contributed by atoms with Crippen molar-refractivity contribution in [2.75, 3.05) is 12.1 Å². The predicted molar refractivity (Wildman–Crippen MR) is 96.6 cm³/mol. The highest BCUT2D eigenvalue weighted by Crippen LogP contribution is 2.40. The summed E-state index contributed by atoms with van der Waals surface area (Å²) in [6.07, 6.45) is 1.50. The summed E-state index contributed by atoms with van der Waals surface area (Å²) in [4.78, 5) is 12.3. The molecule has 24 heavy (non-hydrogen) atoms. The standard InChI is InChI=1S/C17H10Br2N2O3/c18-12-3-1-2-4-14(12)21-17(22)11(8-20)5-10-6-13(19)16-15(7-10)23-9-24-16/h1-7H,9H2,(H,21,22). The molecule has 1 aliphatic heterocycles. The van der Waals surface area contributed by atoms with Crippen LogP contribution in [0.3, 0.4) is 0 Å². The zero-order valence-corrected chi connectivity index (χ0v) is 15.3. The molecule has 0 radical (unpaired) electrons. The van der Waals surface area contributed by atoms with E-state index in [-0.39, 0.29) is 12.4 Å². The largest absolute Gasteiger partial charge is 0.454 e. The van der Waals surface area contributed by atoms with Crippen LogP contribution in [-0.4, -0.2) is 12.7 Å². The lowest BCUT2D eigenvalue weighted by molar-refractivity contribution is -0.112. The number of amides is 1. The predicted octanol–water partition coefficient (Wildman–Crippen LogP) is 4.49. The van der Waals surface area contributed by atoms with Gasteiger partial charge in [-0.2, -0.15) is 5.26 Å². The molecule has 1 N–H and O–H groups in total. The fourth-order valence-electron chi connectivity index (χ4n) is 2.14. The number of para-hydroxylation sites is 1. The maximum Gasteiger partial charge on any atom is 0.266 e. The van der Waals surface area contributed by atoms with Crippen LogP contribution in [-0.2, 0) is 4.79 Å². The molecule has 1 aliphatic rings. The van der Waals surface area contributed by atoms with Crippen molar-refractivity contribution in [1.29, 1.82) is 5.26 Å². The minimum atomic E-state index is -0.488. The molecule has 0 saturated carbocycles. The average Bonchev–Trinajstić information content (AvgIpc) is 3.03. The molecule has 2 aromatic carbocycles. The van der Waals surface area contributed by atoms with Crippen molar-refractivity contribution in [2.24, 2.45) is 0 Å². The SMILES string of the molecule is N#CC(=Cc1cc(Br)c2c(c1)OCO2)C(=O)Nc1ccccc1Br. The van der Waals surface area contributed by atoms with E-state index >= 15 is 0 Å². The Bertz CT molecular complexity index is 888. The van der Waals surface area contributed by atoms with E-state index in [2.05, 4.69) is 37.2 Å². The molecule has 0 aliphatic carbocycles. The van der Waals surface area contributed by atoms with Crippen molar-refractivity contribution >= 4 is 49.5 Å². The summed E-state index contributed by atoms with van der Waals surface area (Å²) in [5.74, 6) is 0.695. The maximum absolute atomic E-state index is 12.3. The number of anilines is 1. The van der Waals surface area contributed by atoms with E-state index in [0.717, 1.165) is 4.47 Å². The lowest BCUT2D eigenvalue weighted by atomic mass is 10.1. The van der Waals surface area contributed by atoms with E-state index in [4.69, 9.17) is 9.47 Å². The van der Waals surface area contributed by atoms with Gasteiger partial charge in [-0.1, -0.05) is 12.1 Å². The molecule has 0 bridgehead atoms. The van der Waals surface area contributed by atoms with Gasteiger partial charge in [0, 0.05) is 4.47 Å². The van der Waals surface area contributed by atoms with Gasteiger partial charge in [-0.15, -0.1) is 0 Å². The van der Waals surface area contributed by atoms with Gasteiger partial charge in [0.15, 0.2) is 11.5 Å². The normalized spacial score (nSPS) is 12.6. The van der Waals surface area contributed by atoms with Gasteiger partial charge >= 0.3 is 0 Å². The third-order valence-corrected chi connectivity index (χ3v) is 4.53. The quantitative estimate of drug-likeness (QED) is 0.553. The van der Waals surface area contributed by atoms with Crippen molar-refractivity contribution in [1.82, 2.24) is 0 Å². The minimum absolute atomic E-state index is 0.0171. The highest BCUT2D eigenvalue weighted by molar-refractivity contribution is 9.11. The number of nitriles is 1. The number of halogens is 2. The van der Waals surface area contributed by atoms with Crippen molar-refractivity contribution in [3.05, 3.63) is 56.5 Å². The summed E-state index contributed by atoms with van der Waals surface area (Å²) in [7, 11) is 0. The highest BCUT2D eigenvalue weighted by Gasteiger charge is 2.18. The van der Waals surface area contributed by atoms with Crippen LogP contribution in [0.4, 0.5) is 5.69 Å². The molecule has 0 unspecified atom stereocenters. The summed E-state index contributed by atoms with van der Waals surface area (Å²) < 4.78 is 12.1. The molecule has 3 rings (SSSR count). The second-order valence-corrected chi connectivity index (χ2v) is 6.55. The third-order valence-electron chi connectivity index (χ3n) is 3.25. The number of nitrogens with zero attached hydrogens (tertiary/aromatic N) is 1. The number of benzene rings is 2. The zero-order valence-electron chi connectivity index (χ0n) is 12.2. The number of ether oxygens (including phenoxy) is 2. The average molecular weight is 450 g/mol. The van der Waals surface area contributed by atoms with E-state index in [0.29, 0.717) is 27.2 Å². The van der Waals surface area contributed by atoms with E-state index < -0.39 is 5.91 Å². The Morgan fingerprint density at radius 2 is 2.00 bits per heavy atom. The molecular weight excluding hydrogens is 440 g/mol. The van der Waals surface area contributed by atoms with E-state index in [1.807, 2.05) is 12.1 Å². The van der Waals surface area contributed by atoms with Crippen molar-refractivity contribution in [3.8, 4) is 17.6 Å². The van der Waals surface area contributed by atoms with E-state index in [1.54, 1.807) is 30.3 Å². The highest BCUT2D eigenvalue weighted by atomic mass is 79.9. The van der Waals surface area contributed by atoms with Crippen LogP contribution in [0, 0.1) is 11.3 Å². The Morgan fingerprint density at radius 3 is 2.75 bits per heavy atom. The topological polar surface area (TPSA) is 71.3 Å². The van der Waals surface area contributed by atoms with Gasteiger partial charge in [0.1, 0.15) is 11.6 Å². The first-order valence-electron chi connectivity index (χ1n) is 6.85. The van der Waals surface area contributed by atoms with Crippen molar-refractivity contribution in [3.63, 3.8) is 0 Å². The monoisotopic (exact) mass is 448 g/mol. The Kier molecular flexibility index (Phi) is 4.88. The van der Waals surface area contributed by atoms with Crippen LogP contribution >= 0.6 is 31.9 Å². The molecule has 0 fully saturated rings. The Balaban J connectivity index is 1.87. The van der Waals surface area contributed by atoms with Gasteiger partial charge in [-0.3, -0.25) is 4.79 Å². The van der Waals surface area contributed by atoms with Gasteiger partial charge < -0.3 is 14.8 Å². The first kappa shape index (κ1) is 16.6. The Morgan fingerprint density at radius 1 is 1.21 bits per heavy atom. The van der Waals surface area contributed by atoms with Crippen molar-refractivity contribution in [2.45, 2.75) is 0 Å². The molecule has 0 aromatic heterocycles. The van der Waals surface area contributed by atoms with Crippen LogP contribution < -0.4 is 14.8 Å². The second-order valence-electron chi connectivity index (χ2n) is 4.84. The third kappa shape index (κ3) is 3.45. The van der Waals surface area contributed by atoms with Gasteiger partial charge in [0.2, 0.25) is 6.79 Å². The van der Waals surface area contributed by atoms with Crippen LogP contribution in [0.2, 0.25) is 0 Å². The van der Waals surface area contributed by atoms with Crippen LogP contribution in [0.25, 0.3) is 6.08 Å². The smallest absolute Gasteiger partial charge is 0.266 e. The zero-order chi connectivity index (χ0) is 17.1. The maximum atomic E-state index is 12.3. The first-order chi connectivity index (χ1) is 11.6.